The largest absolute Gasteiger partial charge is 0.335 e. The minimum absolute atomic E-state index is 0.0136. The normalized spacial score (nSPS) is 13.2. The first-order chi connectivity index (χ1) is 7.11. The molecule has 0 amide bonds. The van der Waals surface area contributed by atoms with Gasteiger partial charge in [0.15, 0.2) is 5.65 Å². The Morgan fingerprint density at radius 2 is 2.00 bits per heavy atom. The van der Waals surface area contributed by atoms with Gasteiger partial charge < -0.3 is 10.3 Å². The molecule has 7 nitrogen and oxygen atoms in total. The van der Waals surface area contributed by atoms with Crippen LogP contribution in [0.1, 0.15) is 18.8 Å². The molecule has 0 spiro atoms. The molecule has 0 saturated carbocycles. The molecule has 2 aromatic rings. The Morgan fingerprint density at radius 1 is 1.27 bits per heavy atom. The third kappa shape index (κ3) is 1.57. The summed E-state index contributed by atoms with van der Waals surface area (Å²) < 4.78 is 0. The van der Waals surface area contributed by atoms with Crippen molar-refractivity contribution in [2.24, 2.45) is 0 Å². The first-order valence-corrected chi connectivity index (χ1v) is 4.51. The second-order valence-corrected chi connectivity index (χ2v) is 3.26. The Bertz CT molecular complexity index is 593. The second-order valence-electron chi connectivity index (χ2n) is 3.26. The Morgan fingerprint density at radius 3 is 2.67 bits per heavy atom. The number of nitrogens with one attached hydrogen (secondary N) is 4. The molecule has 0 aliphatic carbocycles. The van der Waals surface area contributed by atoms with Gasteiger partial charge in [-0.15, -0.1) is 0 Å². The molecule has 2 rings (SSSR count). The Balaban J connectivity index is 2.71. The van der Waals surface area contributed by atoms with Crippen LogP contribution in [0.25, 0.3) is 11.2 Å². The number of H-pyrrole nitrogens is 3. The van der Waals surface area contributed by atoms with Crippen LogP contribution in [-0.2, 0) is 0 Å². The minimum atomic E-state index is -0.553. The fourth-order valence-electron chi connectivity index (χ4n) is 1.29. The van der Waals surface area contributed by atoms with Crippen LogP contribution in [0.3, 0.4) is 0 Å². The molecule has 15 heavy (non-hydrogen) atoms. The van der Waals surface area contributed by atoms with Crippen LogP contribution < -0.4 is 16.6 Å². The lowest BCUT2D eigenvalue weighted by Gasteiger charge is -2.04. The van der Waals surface area contributed by atoms with Crippen molar-refractivity contribution in [3.63, 3.8) is 0 Å². The summed E-state index contributed by atoms with van der Waals surface area (Å²) in [5, 5.41) is 2.98. The molecule has 80 valence electrons. The maximum absolute atomic E-state index is 11.4. The van der Waals surface area contributed by atoms with E-state index in [1.165, 1.54) is 0 Å². The SMILES string of the molecule is CNC(C)c1nc2[nH]c(=O)[nH]c(=O)c2[nH]1. The zero-order chi connectivity index (χ0) is 11.0. The lowest BCUT2D eigenvalue weighted by molar-refractivity contribution is 0.619. The monoisotopic (exact) mass is 209 g/mol. The summed E-state index contributed by atoms with van der Waals surface area (Å²) in [4.78, 5) is 33.9. The molecule has 4 N–H and O–H groups in total. The molecule has 0 aromatic carbocycles. The summed E-state index contributed by atoms with van der Waals surface area (Å²) in [7, 11) is 1.78. The van der Waals surface area contributed by atoms with Gasteiger partial charge in [-0.25, -0.2) is 9.78 Å². The van der Waals surface area contributed by atoms with Gasteiger partial charge in [0.2, 0.25) is 0 Å². The van der Waals surface area contributed by atoms with E-state index in [1.54, 1.807) is 7.05 Å². The lowest BCUT2D eigenvalue weighted by Crippen LogP contribution is -2.21. The van der Waals surface area contributed by atoms with Crippen LogP contribution in [0.2, 0.25) is 0 Å². The van der Waals surface area contributed by atoms with Crippen LogP contribution in [0, 0.1) is 0 Å². The number of hydrogen-bond acceptors (Lipinski definition) is 4. The van der Waals surface area contributed by atoms with Gasteiger partial charge in [-0.2, -0.15) is 0 Å². The fraction of sp³-hybridized carbons (Fsp3) is 0.375. The van der Waals surface area contributed by atoms with Gasteiger partial charge in [0, 0.05) is 0 Å². The molecule has 0 fully saturated rings. The smallest absolute Gasteiger partial charge is 0.327 e. The quantitative estimate of drug-likeness (QED) is 0.520. The Labute approximate surface area is 83.9 Å². The number of aromatic nitrogens is 4. The van der Waals surface area contributed by atoms with Crippen molar-refractivity contribution in [1.29, 1.82) is 0 Å². The van der Waals surface area contributed by atoms with Gasteiger partial charge in [-0.3, -0.25) is 14.8 Å². The molecule has 1 unspecified atom stereocenters. The van der Waals surface area contributed by atoms with Crippen LogP contribution in [0.15, 0.2) is 9.59 Å². The van der Waals surface area contributed by atoms with Gasteiger partial charge in [0.25, 0.3) is 5.56 Å². The van der Waals surface area contributed by atoms with E-state index in [-0.39, 0.29) is 17.2 Å². The van der Waals surface area contributed by atoms with Crippen molar-refractivity contribution in [2.45, 2.75) is 13.0 Å². The molecule has 2 aromatic heterocycles. The summed E-state index contributed by atoms with van der Waals surface area (Å²) in [6.07, 6.45) is 0. The summed E-state index contributed by atoms with van der Waals surface area (Å²) in [5.41, 5.74) is -0.453. The first-order valence-electron chi connectivity index (χ1n) is 4.51. The Hall–Kier alpha value is -1.89. The van der Waals surface area contributed by atoms with Crippen molar-refractivity contribution in [3.05, 3.63) is 26.7 Å². The van der Waals surface area contributed by atoms with Crippen LogP contribution in [0.5, 0.6) is 0 Å². The topological polar surface area (TPSA) is 106 Å². The maximum Gasteiger partial charge on any atom is 0.327 e. The third-order valence-corrected chi connectivity index (χ3v) is 2.25. The van der Waals surface area contributed by atoms with Crippen molar-refractivity contribution in [2.75, 3.05) is 7.05 Å². The average Bonchev–Trinajstić information content (AvgIpc) is 2.60. The summed E-state index contributed by atoms with van der Waals surface area (Å²) in [5.74, 6) is 0.611. The van der Waals surface area contributed by atoms with E-state index in [4.69, 9.17) is 0 Å². The van der Waals surface area contributed by atoms with Gasteiger partial charge in [0.1, 0.15) is 11.3 Å². The molecule has 1 atom stereocenters. The highest BCUT2D eigenvalue weighted by Crippen LogP contribution is 2.09. The van der Waals surface area contributed by atoms with Gasteiger partial charge in [-0.1, -0.05) is 0 Å². The van der Waals surface area contributed by atoms with Crippen molar-refractivity contribution in [1.82, 2.24) is 25.3 Å². The van der Waals surface area contributed by atoms with Gasteiger partial charge in [-0.05, 0) is 14.0 Å². The van der Waals surface area contributed by atoms with E-state index in [0.717, 1.165) is 0 Å². The summed E-state index contributed by atoms with van der Waals surface area (Å²) in [6, 6.07) is -0.0136. The number of hydrogen-bond donors (Lipinski definition) is 4. The highest BCUT2D eigenvalue weighted by Gasteiger charge is 2.11. The van der Waals surface area contributed by atoms with Gasteiger partial charge in [0.05, 0.1) is 6.04 Å². The van der Waals surface area contributed by atoms with E-state index in [1.807, 2.05) is 6.92 Å². The predicted octanol–water partition coefficient (Wildman–Crippen LogP) is -0.780. The number of fused-ring (bicyclic) bond motifs is 1. The zero-order valence-corrected chi connectivity index (χ0v) is 8.34. The molecule has 0 bridgehead atoms. The summed E-state index contributed by atoms with van der Waals surface area (Å²) >= 11 is 0. The van der Waals surface area contributed by atoms with E-state index < -0.39 is 11.2 Å². The molecular weight excluding hydrogens is 198 g/mol. The molecule has 7 heteroatoms. The molecule has 0 saturated heterocycles. The van der Waals surface area contributed by atoms with Crippen molar-refractivity contribution < 1.29 is 0 Å². The minimum Gasteiger partial charge on any atom is -0.335 e. The zero-order valence-electron chi connectivity index (χ0n) is 8.34. The van der Waals surface area contributed by atoms with Crippen LogP contribution in [0.4, 0.5) is 0 Å². The van der Waals surface area contributed by atoms with Gasteiger partial charge >= 0.3 is 5.69 Å². The first kappa shape index (κ1) is 9.66. The fourth-order valence-corrected chi connectivity index (χ4v) is 1.29. The highest BCUT2D eigenvalue weighted by atomic mass is 16.2. The average molecular weight is 209 g/mol. The second kappa shape index (κ2) is 3.35. The summed E-state index contributed by atoms with van der Waals surface area (Å²) in [6.45, 7) is 1.89. The highest BCUT2D eigenvalue weighted by molar-refractivity contribution is 5.68. The third-order valence-electron chi connectivity index (χ3n) is 2.25. The Kier molecular flexibility index (Phi) is 2.16. The number of aromatic amines is 3. The van der Waals surface area contributed by atoms with E-state index in [2.05, 4.69) is 25.3 Å². The standard InChI is InChI=1S/C8H11N5O2/c1-3(9-2)5-10-4-6(11-5)12-8(15)13-7(4)14/h3,9H,1-2H3,(H3,10,11,12,13,14,15). The van der Waals surface area contributed by atoms with Crippen molar-refractivity contribution in [3.8, 4) is 0 Å². The van der Waals surface area contributed by atoms with Crippen molar-refractivity contribution >= 4 is 11.2 Å². The predicted molar refractivity (Wildman–Crippen MR) is 54.8 cm³/mol. The molecule has 0 aliphatic rings. The van der Waals surface area contributed by atoms with E-state index >= 15 is 0 Å². The number of nitrogens with zero attached hydrogens (tertiary/aromatic N) is 1. The van der Waals surface area contributed by atoms with E-state index in [0.29, 0.717) is 5.82 Å². The van der Waals surface area contributed by atoms with E-state index in [9.17, 15) is 9.59 Å². The number of imidazole rings is 1. The lowest BCUT2D eigenvalue weighted by atomic mass is 10.3. The van der Waals surface area contributed by atoms with Crippen LogP contribution in [-0.4, -0.2) is 27.0 Å². The molecule has 0 radical (unpaired) electrons. The number of rotatable bonds is 2. The maximum atomic E-state index is 11.4. The molecule has 2 heterocycles. The molecular formula is C8H11N5O2. The van der Waals surface area contributed by atoms with Crippen LogP contribution >= 0.6 is 0 Å². The molecule has 0 aliphatic heterocycles.